The number of benzene rings is 2. The molecule has 2 aromatic carbocycles. The highest BCUT2D eigenvalue weighted by atomic mass is 19.4. The molecule has 0 N–H and O–H groups in total. The van der Waals surface area contributed by atoms with E-state index >= 15 is 0 Å². The van der Waals surface area contributed by atoms with Crippen molar-refractivity contribution in [2.45, 2.75) is 60.3 Å². The summed E-state index contributed by atoms with van der Waals surface area (Å²) in [5.41, 5.74) is -3.71. The lowest BCUT2D eigenvalue weighted by Gasteiger charge is -2.38. The molecule has 0 aliphatic heterocycles. The summed E-state index contributed by atoms with van der Waals surface area (Å²) < 4.78 is 83.9. The molecule has 0 saturated heterocycles. The Hall–Kier alpha value is -1.98. The number of hydrogen-bond acceptors (Lipinski definition) is 0. The Morgan fingerprint density at radius 3 is 1.04 bits per heavy atom. The molecule has 0 amide bonds. The summed E-state index contributed by atoms with van der Waals surface area (Å²) in [7, 11) is 0. The van der Waals surface area contributed by atoms with E-state index in [4.69, 9.17) is 0 Å². The summed E-state index contributed by atoms with van der Waals surface area (Å²) in [6.07, 6.45) is -11.1. The summed E-state index contributed by atoms with van der Waals surface area (Å²) in [6, 6.07) is 6.36. The minimum absolute atomic E-state index is 0. The van der Waals surface area contributed by atoms with Crippen molar-refractivity contribution in [3.8, 4) is 0 Å². The van der Waals surface area contributed by atoms with Crippen LogP contribution in [0.25, 0.3) is 0 Å². The lowest BCUT2D eigenvalue weighted by Crippen LogP contribution is -2.54. The molecule has 0 heterocycles. The third kappa shape index (κ3) is 3.99. The summed E-state index contributed by atoms with van der Waals surface area (Å²) in [5, 5.41) is 0. The average Bonchev–Trinajstić information content (AvgIpc) is 2.44. The van der Waals surface area contributed by atoms with E-state index in [2.05, 4.69) is 0 Å². The van der Waals surface area contributed by atoms with E-state index in [0.29, 0.717) is 22.3 Å². The van der Waals surface area contributed by atoms with Gasteiger partial charge in [-0.1, -0.05) is 51.3 Å². The van der Waals surface area contributed by atoms with E-state index in [1.807, 2.05) is 0 Å². The van der Waals surface area contributed by atoms with Gasteiger partial charge < -0.3 is 0 Å². The van der Waals surface area contributed by atoms with E-state index in [1.165, 1.54) is 26.0 Å². The van der Waals surface area contributed by atoms with Gasteiger partial charge in [-0.15, -0.1) is 0 Å². The normalized spacial score (nSPS) is 12.2. The molecule has 2 rings (SSSR count). The van der Waals surface area contributed by atoms with Crippen LogP contribution in [0, 0.1) is 27.7 Å². The molecule has 0 saturated carbocycles. The summed E-state index contributed by atoms with van der Waals surface area (Å²) in [5.74, 6) is 0. The first-order chi connectivity index (χ1) is 11.3. The molecular weight excluding hydrogens is 366 g/mol. The molecule has 0 atom stereocenters. The predicted molar refractivity (Wildman–Crippen MR) is 98.2 cm³/mol. The Kier molecular flexibility index (Phi) is 7.36. The monoisotopic (exact) mass is 392 g/mol. The molecule has 6 heteroatoms. The molecule has 0 aliphatic carbocycles. The van der Waals surface area contributed by atoms with Crippen LogP contribution in [0.15, 0.2) is 36.4 Å². The number of alkyl halides is 6. The minimum Gasteiger partial charge on any atom is -0.169 e. The lowest BCUT2D eigenvalue weighted by molar-refractivity contribution is -0.288. The van der Waals surface area contributed by atoms with Gasteiger partial charge in [0.1, 0.15) is 0 Å². The fourth-order valence-corrected chi connectivity index (χ4v) is 2.93. The van der Waals surface area contributed by atoms with Gasteiger partial charge in [0.25, 0.3) is 0 Å². The molecule has 0 spiro atoms. The Balaban J connectivity index is 0.00000338. The quantitative estimate of drug-likeness (QED) is 0.462. The van der Waals surface area contributed by atoms with E-state index in [9.17, 15) is 26.3 Å². The van der Waals surface area contributed by atoms with Crippen molar-refractivity contribution in [3.63, 3.8) is 0 Å². The molecule has 27 heavy (non-hydrogen) atoms. The Bertz CT molecular complexity index is 717. The van der Waals surface area contributed by atoms with Crippen LogP contribution in [0.2, 0.25) is 0 Å². The molecule has 0 nitrogen and oxygen atoms in total. The maximum Gasteiger partial charge on any atom is 0.411 e. The maximum absolute atomic E-state index is 14.0. The average molecular weight is 392 g/mol. The van der Waals surface area contributed by atoms with Crippen molar-refractivity contribution in [1.29, 1.82) is 0 Å². The zero-order chi connectivity index (χ0) is 19.2. The van der Waals surface area contributed by atoms with E-state index < -0.39 is 28.9 Å². The van der Waals surface area contributed by atoms with Crippen LogP contribution in [0.3, 0.4) is 0 Å². The van der Waals surface area contributed by atoms with E-state index in [0.717, 1.165) is 24.3 Å². The fraction of sp³-hybridized carbons (Fsp3) is 0.429. The van der Waals surface area contributed by atoms with Gasteiger partial charge in [0.2, 0.25) is 5.41 Å². The van der Waals surface area contributed by atoms with Crippen LogP contribution < -0.4 is 0 Å². The van der Waals surface area contributed by atoms with Gasteiger partial charge in [0.05, 0.1) is 0 Å². The van der Waals surface area contributed by atoms with Crippen LogP contribution in [0.1, 0.15) is 48.2 Å². The highest BCUT2D eigenvalue weighted by molar-refractivity contribution is 5.48. The van der Waals surface area contributed by atoms with Crippen LogP contribution in [0.5, 0.6) is 0 Å². The van der Waals surface area contributed by atoms with Gasteiger partial charge in [-0.05, 0) is 61.1 Å². The standard InChI is InChI=1S/C19H18F6.2CH4/c1-11-5-7-15(9-13(11)3)17(18(20,21)22,19(23,24)25)16-8-6-12(2)14(4)10-16;;/h5-10H,1-4H3;2*1H4. The highest BCUT2D eigenvalue weighted by Crippen LogP contribution is 2.56. The van der Waals surface area contributed by atoms with Crippen molar-refractivity contribution in [2.75, 3.05) is 0 Å². The van der Waals surface area contributed by atoms with Crippen molar-refractivity contribution in [2.24, 2.45) is 0 Å². The second-order valence-electron chi connectivity index (χ2n) is 6.34. The number of hydrogen-bond donors (Lipinski definition) is 0. The molecule has 152 valence electrons. The van der Waals surface area contributed by atoms with Crippen molar-refractivity contribution in [3.05, 3.63) is 69.8 Å². The molecule has 0 radical (unpaired) electrons. The van der Waals surface area contributed by atoms with E-state index in [1.54, 1.807) is 13.8 Å². The first kappa shape index (κ1) is 25.0. The molecular formula is C21H26F6. The van der Waals surface area contributed by atoms with Gasteiger partial charge in [0.15, 0.2) is 0 Å². The molecule has 0 fully saturated rings. The van der Waals surface area contributed by atoms with Gasteiger partial charge >= 0.3 is 12.4 Å². The van der Waals surface area contributed by atoms with Crippen LogP contribution in [-0.4, -0.2) is 12.4 Å². The van der Waals surface area contributed by atoms with Crippen molar-refractivity contribution < 1.29 is 26.3 Å². The summed E-state index contributed by atoms with van der Waals surface area (Å²) >= 11 is 0. The van der Waals surface area contributed by atoms with E-state index in [-0.39, 0.29) is 14.9 Å². The third-order valence-electron chi connectivity index (χ3n) is 4.73. The zero-order valence-corrected chi connectivity index (χ0v) is 14.2. The second kappa shape index (κ2) is 7.95. The largest absolute Gasteiger partial charge is 0.411 e. The summed E-state index contributed by atoms with van der Waals surface area (Å²) in [4.78, 5) is 0. The zero-order valence-electron chi connectivity index (χ0n) is 14.2. The first-order valence-corrected chi connectivity index (χ1v) is 7.61. The maximum atomic E-state index is 14.0. The van der Waals surface area contributed by atoms with Gasteiger partial charge in [-0.2, -0.15) is 26.3 Å². The van der Waals surface area contributed by atoms with Crippen LogP contribution in [0.4, 0.5) is 26.3 Å². The van der Waals surface area contributed by atoms with Gasteiger partial charge in [-0.3, -0.25) is 0 Å². The van der Waals surface area contributed by atoms with Gasteiger partial charge in [0, 0.05) is 0 Å². The second-order valence-corrected chi connectivity index (χ2v) is 6.34. The molecule has 0 bridgehead atoms. The third-order valence-corrected chi connectivity index (χ3v) is 4.73. The lowest BCUT2D eigenvalue weighted by atomic mass is 9.71. The molecule has 0 aliphatic rings. The number of rotatable bonds is 2. The van der Waals surface area contributed by atoms with Crippen LogP contribution >= 0.6 is 0 Å². The predicted octanol–water partition coefficient (Wildman–Crippen LogP) is 7.60. The smallest absolute Gasteiger partial charge is 0.169 e. The minimum atomic E-state index is -5.55. The summed E-state index contributed by atoms with van der Waals surface area (Å²) in [6.45, 7) is 6.27. The fourth-order valence-electron chi connectivity index (χ4n) is 2.93. The van der Waals surface area contributed by atoms with Crippen molar-refractivity contribution >= 4 is 0 Å². The number of halogens is 6. The Morgan fingerprint density at radius 2 is 0.815 bits per heavy atom. The van der Waals surface area contributed by atoms with Crippen LogP contribution in [-0.2, 0) is 5.41 Å². The Morgan fingerprint density at radius 1 is 0.519 bits per heavy atom. The van der Waals surface area contributed by atoms with Crippen molar-refractivity contribution in [1.82, 2.24) is 0 Å². The SMILES string of the molecule is C.C.Cc1ccc(C(c2ccc(C)c(C)c2)(C(F)(F)F)C(F)(F)F)cc1C. The Labute approximate surface area is 157 Å². The number of aryl methyl sites for hydroxylation is 4. The van der Waals surface area contributed by atoms with Gasteiger partial charge in [-0.25, -0.2) is 0 Å². The molecule has 0 unspecified atom stereocenters. The molecule has 0 aromatic heterocycles. The first-order valence-electron chi connectivity index (χ1n) is 7.61. The molecule has 2 aromatic rings. The highest BCUT2D eigenvalue weighted by Gasteiger charge is 2.72. The topological polar surface area (TPSA) is 0 Å².